The minimum atomic E-state index is 0.135. The molecule has 0 aliphatic rings. The number of rotatable bonds is 2. The lowest BCUT2D eigenvalue weighted by Crippen LogP contribution is -1.98. The van der Waals surface area contributed by atoms with Crippen molar-refractivity contribution in [2.45, 2.75) is 0 Å². The predicted octanol–water partition coefficient (Wildman–Crippen LogP) is 7.52. The van der Waals surface area contributed by atoms with Gasteiger partial charge in [0.05, 0.1) is 0 Å². The van der Waals surface area contributed by atoms with Crippen molar-refractivity contribution in [1.29, 1.82) is 0 Å². The molecule has 0 bridgehead atoms. The molecule has 4 aromatic heterocycles. The third-order valence-corrected chi connectivity index (χ3v) is 7.03. The van der Waals surface area contributed by atoms with Crippen LogP contribution in [0.5, 0.6) is 0 Å². The van der Waals surface area contributed by atoms with Gasteiger partial charge in [-0.25, -0.2) is 4.98 Å². The molecule has 5 nitrogen and oxygen atoms in total. The zero-order chi connectivity index (χ0) is 21.9. The van der Waals surface area contributed by atoms with Crippen LogP contribution in [0.3, 0.4) is 0 Å². The highest BCUT2D eigenvalue weighted by atomic mass is 35.5. The van der Waals surface area contributed by atoms with Crippen molar-refractivity contribution in [3.63, 3.8) is 0 Å². The molecule has 156 valence electrons. The maximum atomic E-state index is 6.37. The van der Waals surface area contributed by atoms with Crippen molar-refractivity contribution in [1.82, 2.24) is 19.9 Å². The summed E-state index contributed by atoms with van der Waals surface area (Å²) >= 11 is 8.12. The average molecular weight is 465 g/mol. The number of benzene rings is 3. The molecular weight excluding hydrogens is 452 g/mol. The highest BCUT2D eigenvalue weighted by Crippen LogP contribution is 2.39. The van der Waals surface area contributed by atoms with Crippen LogP contribution >= 0.6 is 22.9 Å². The molecule has 7 aromatic rings. The van der Waals surface area contributed by atoms with Gasteiger partial charge in [0.15, 0.2) is 17.2 Å². The molecule has 0 unspecified atom stereocenters. The van der Waals surface area contributed by atoms with Crippen LogP contribution in [0.2, 0.25) is 5.28 Å². The number of hydrogen-bond acceptors (Lipinski definition) is 6. The molecule has 0 saturated carbocycles. The second-order valence-electron chi connectivity index (χ2n) is 7.70. The van der Waals surface area contributed by atoms with E-state index in [2.05, 4.69) is 39.2 Å². The standard InChI is InChI=1S/C26H13ClN4OS/c27-26-30-24(14-12-19-23(28-13-14)15-6-1-3-9-18(15)32-19)29-25(31-26)17-8-5-11-21-22(17)16-7-2-4-10-20(16)33-21/h1-13H. The Hall–Kier alpha value is -3.87. The molecule has 33 heavy (non-hydrogen) atoms. The van der Waals surface area contributed by atoms with Gasteiger partial charge >= 0.3 is 0 Å². The van der Waals surface area contributed by atoms with Gasteiger partial charge in [-0.2, -0.15) is 9.97 Å². The lowest BCUT2D eigenvalue weighted by atomic mass is 10.1. The molecule has 0 saturated heterocycles. The summed E-state index contributed by atoms with van der Waals surface area (Å²) in [6.45, 7) is 0. The van der Waals surface area contributed by atoms with E-state index in [1.54, 1.807) is 17.5 Å². The van der Waals surface area contributed by atoms with Gasteiger partial charge in [-0.15, -0.1) is 11.3 Å². The minimum Gasteiger partial charge on any atom is -0.454 e. The fourth-order valence-electron chi connectivity index (χ4n) is 4.28. The molecular formula is C26H13ClN4OS. The summed E-state index contributed by atoms with van der Waals surface area (Å²) in [5, 5.41) is 3.41. The van der Waals surface area contributed by atoms with E-state index in [1.165, 1.54) is 14.8 Å². The van der Waals surface area contributed by atoms with Crippen molar-refractivity contribution in [3.8, 4) is 22.8 Å². The van der Waals surface area contributed by atoms with Crippen LogP contribution in [0.25, 0.3) is 65.0 Å². The summed E-state index contributed by atoms with van der Waals surface area (Å²) in [5.41, 5.74) is 3.92. The molecule has 0 N–H and O–H groups in total. The number of halogens is 1. The van der Waals surface area contributed by atoms with E-state index in [4.69, 9.17) is 21.0 Å². The number of fused-ring (bicyclic) bond motifs is 6. The quantitative estimate of drug-likeness (QED) is 0.264. The van der Waals surface area contributed by atoms with Gasteiger partial charge in [0.1, 0.15) is 11.1 Å². The Morgan fingerprint density at radius 2 is 1.52 bits per heavy atom. The van der Waals surface area contributed by atoms with E-state index in [-0.39, 0.29) is 5.28 Å². The number of nitrogens with zero attached hydrogens (tertiary/aromatic N) is 4. The third-order valence-electron chi connectivity index (χ3n) is 5.72. The summed E-state index contributed by atoms with van der Waals surface area (Å²) in [7, 11) is 0. The van der Waals surface area contributed by atoms with E-state index < -0.39 is 0 Å². The summed E-state index contributed by atoms with van der Waals surface area (Å²) in [6.07, 6.45) is 1.75. The van der Waals surface area contributed by atoms with Gasteiger partial charge < -0.3 is 4.42 Å². The summed E-state index contributed by atoms with van der Waals surface area (Å²) < 4.78 is 8.39. The van der Waals surface area contributed by atoms with Crippen molar-refractivity contribution in [2.75, 3.05) is 0 Å². The topological polar surface area (TPSA) is 64.7 Å². The fraction of sp³-hybridized carbons (Fsp3) is 0. The van der Waals surface area contributed by atoms with Gasteiger partial charge in [0, 0.05) is 42.9 Å². The van der Waals surface area contributed by atoms with Gasteiger partial charge in [0.25, 0.3) is 0 Å². The lowest BCUT2D eigenvalue weighted by molar-refractivity contribution is 0.668. The van der Waals surface area contributed by atoms with Crippen LogP contribution in [0.1, 0.15) is 0 Å². The van der Waals surface area contributed by atoms with E-state index in [0.29, 0.717) is 17.2 Å². The SMILES string of the molecule is Clc1nc(-c2cnc3c(c2)oc2ccccc23)nc(-c2cccc3sc4ccccc4c23)n1. The van der Waals surface area contributed by atoms with Crippen LogP contribution in [0, 0.1) is 0 Å². The lowest BCUT2D eigenvalue weighted by Gasteiger charge is -2.06. The molecule has 0 atom stereocenters. The van der Waals surface area contributed by atoms with Crippen molar-refractivity contribution >= 4 is 65.2 Å². The highest BCUT2D eigenvalue weighted by molar-refractivity contribution is 7.25. The number of furan rings is 1. The van der Waals surface area contributed by atoms with Crippen LogP contribution in [-0.2, 0) is 0 Å². The van der Waals surface area contributed by atoms with Gasteiger partial charge in [-0.3, -0.25) is 4.98 Å². The third kappa shape index (κ3) is 2.92. The first-order valence-electron chi connectivity index (χ1n) is 10.3. The second-order valence-corrected chi connectivity index (χ2v) is 9.12. The predicted molar refractivity (Wildman–Crippen MR) is 134 cm³/mol. The second kappa shape index (κ2) is 7.07. The van der Waals surface area contributed by atoms with E-state index in [9.17, 15) is 0 Å². The first kappa shape index (κ1) is 18.7. The Morgan fingerprint density at radius 1 is 0.727 bits per heavy atom. The molecule has 0 fully saturated rings. The van der Waals surface area contributed by atoms with Crippen molar-refractivity contribution in [3.05, 3.63) is 84.3 Å². The Kier molecular flexibility index (Phi) is 4.00. The normalized spacial score (nSPS) is 11.8. The van der Waals surface area contributed by atoms with Gasteiger partial charge in [-0.05, 0) is 41.9 Å². The monoisotopic (exact) mass is 464 g/mol. The Labute approximate surface area is 196 Å². The van der Waals surface area contributed by atoms with Crippen LogP contribution in [0.15, 0.2) is 83.4 Å². The summed E-state index contributed by atoms with van der Waals surface area (Å²) in [5.74, 6) is 0.986. The molecule has 0 aliphatic heterocycles. The van der Waals surface area contributed by atoms with Crippen LogP contribution in [0.4, 0.5) is 0 Å². The van der Waals surface area contributed by atoms with Crippen LogP contribution < -0.4 is 0 Å². The highest BCUT2D eigenvalue weighted by Gasteiger charge is 2.16. The maximum Gasteiger partial charge on any atom is 0.226 e. The first-order valence-corrected chi connectivity index (χ1v) is 11.5. The molecule has 0 aliphatic carbocycles. The molecule has 0 amide bonds. The number of hydrogen-bond donors (Lipinski definition) is 0. The Bertz CT molecular complexity index is 1860. The minimum absolute atomic E-state index is 0.135. The number of para-hydroxylation sites is 1. The fourth-order valence-corrected chi connectivity index (χ4v) is 5.57. The first-order chi connectivity index (χ1) is 16.2. The summed E-state index contributed by atoms with van der Waals surface area (Å²) in [6, 6.07) is 24.3. The largest absolute Gasteiger partial charge is 0.454 e. The average Bonchev–Trinajstić information content (AvgIpc) is 3.41. The smallest absolute Gasteiger partial charge is 0.226 e. The molecule has 7 heteroatoms. The van der Waals surface area contributed by atoms with E-state index in [0.717, 1.165) is 33.0 Å². The molecule has 4 heterocycles. The number of pyridine rings is 1. The molecule has 0 spiro atoms. The van der Waals surface area contributed by atoms with Gasteiger partial charge in [-0.1, -0.05) is 42.5 Å². The Morgan fingerprint density at radius 3 is 2.45 bits per heavy atom. The maximum absolute atomic E-state index is 6.37. The van der Waals surface area contributed by atoms with Crippen molar-refractivity contribution < 1.29 is 4.42 Å². The zero-order valence-corrected chi connectivity index (χ0v) is 18.6. The number of thiophene rings is 1. The summed E-state index contributed by atoms with van der Waals surface area (Å²) in [4.78, 5) is 18.3. The zero-order valence-electron chi connectivity index (χ0n) is 17.0. The van der Waals surface area contributed by atoms with Crippen LogP contribution in [-0.4, -0.2) is 19.9 Å². The van der Waals surface area contributed by atoms with Crippen molar-refractivity contribution in [2.24, 2.45) is 0 Å². The van der Waals surface area contributed by atoms with E-state index in [1.807, 2.05) is 48.5 Å². The number of aromatic nitrogens is 4. The Balaban J connectivity index is 1.44. The van der Waals surface area contributed by atoms with E-state index >= 15 is 0 Å². The molecule has 7 rings (SSSR count). The molecule has 3 aromatic carbocycles. The van der Waals surface area contributed by atoms with Gasteiger partial charge in [0.2, 0.25) is 5.28 Å². The molecule has 0 radical (unpaired) electrons.